The summed E-state index contributed by atoms with van der Waals surface area (Å²) in [5.74, 6) is -0.180. The molecule has 8 nitrogen and oxygen atoms in total. The van der Waals surface area contributed by atoms with Crippen LogP contribution in [0.3, 0.4) is 0 Å². The smallest absolute Gasteiger partial charge is 0.254 e. The predicted octanol–water partition coefficient (Wildman–Crippen LogP) is 4.04. The highest BCUT2D eigenvalue weighted by Gasteiger charge is 2.33. The Morgan fingerprint density at radius 2 is 1.64 bits per heavy atom. The van der Waals surface area contributed by atoms with E-state index in [0.717, 1.165) is 16.7 Å². The van der Waals surface area contributed by atoms with Gasteiger partial charge in [0.05, 0.1) is 32.5 Å². The first kappa shape index (κ1) is 28.8. The molecule has 0 radical (unpaired) electrons. The van der Waals surface area contributed by atoms with Crippen LogP contribution < -0.4 is 4.74 Å². The number of carbonyl (C=O) groups excluding carboxylic acids is 1. The van der Waals surface area contributed by atoms with Crippen LogP contribution in [-0.4, -0.2) is 74.6 Å². The highest BCUT2D eigenvalue weighted by atomic mass is 32.2. The van der Waals surface area contributed by atoms with E-state index in [-0.39, 0.29) is 48.8 Å². The maximum absolute atomic E-state index is 13.9. The van der Waals surface area contributed by atoms with Gasteiger partial charge in [0.25, 0.3) is 5.91 Å². The molecule has 0 saturated heterocycles. The molecule has 1 aliphatic rings. The minimum absolute atomic E-state index is 0.0617. The van der Waals surface area contributed by atoms with Crippen LogP contribution in [0, 0.1) is 5.92 Å². The minimum atomic E-state index is -3.89. The van der Waals surface area contributed by atoms with Crippen LogP contribution in [0.2, 0.25) is 0 Å². The lowest BCUT2D eigenvalue weighted by Crippen LogP contribution is -2.47. The number of methoxy groups -OCH3 is 1. The number of likely N-dealkylation sites (N-methyl/N-ethyl adjacent to an activating group) is 1. The lowest BCUT2D eigenvalue weighted by Gasteiger charge is -2.35. The van der Waals surface area contributed by atoms with Gasteiger partial charge < -0.3 is 19.5 Å². The molecule has 39 heavy (non-hydrogen) atoms. The van der Waals surface area contributed by atoms with Gasteiger partial charge in [0, 0.05) is 31.6 Å². The van der Waals surface area contributed by atoms with E-state index >= 15 is 0 Å². The third-order valence-electron chi connectivity index (χ3n) is 7.29. The summed E-state index contributed by atoms with van der Waals surface area (Å²) in [4.78, 5) is 15.7. The van der Waals surface area contributed by atoms with Gasteiger partial charge in [0.2, 0.25) is 10.0 Å². The first-order valence-corrected chi connectivity index (χ1v) is 14.4. The minimum Gasteiger partial charge on any atom is -0.495 e. The van der Waals surface area contributed by atoms with Gasteiger partial charge >= 0.3 is 0 Å². The Hall–Kier alpha value is -3.24. The summed E-state index contributed by atoms with van der Waals surface area (Å²) in [7, 11) is -0.933. The molecule has 1 heterocycles. The molecule has 1 N–H and O–H groups in total. The first-order valence-electron chi connectivity index (χ1n) is 13.0. The maximum atomic E-state index is 13.9. The van der Waals surface area contributed by atoms with Crippen LogP contribution >= 0.6 is 0 Å². The summed E-state index contributed by atoms with van der Waals surface area (Å²) in [6.45, 7) is 4.12. The summed E-state index contributed by atoms with van der Waals surface area (Å²) in [6, 6.07) is 21.3. The van der Waals surface area contributed by atoms with Gasteiger partial charge in [0.15, 0.2) is 0 Å². The van der Waals surface area contributed by atoms with Crippen molar-refractivity contribution < 1.29 is 27.8 Å². The van der Waals surface area contributed by atoms with Crippen molar-refractivity contribution in [1.29, 1.82) is 0 Å². The number of aliphatic hydroxyl groups is 1. The number of hydrogen-bond acceptors (Lipinski definition) is 6. The zero-order valence-corrected chi connectivity index (χ0v) is 23.6. The number of nitrogens with zero attached hydrogens (tertiary/aromatic N) is 2. The van der Waals surface area contributed by atoms with Crippen LogP contribution in [0.1, 0.15) is 29.8 Å². The van der Waals surface area contributed by atoms with E-state index in [4.69, 9.17) is 9.47 Å². The number of carbonyl (C=O) groups is 1. The van der Waals surface area contributed by atoms with E-state index in [0.29, 0.717) is 5.56 Å². The number of para-hydroxylation sites is 1. The number of rotatable bonds is 7. The van der Waals surface area contributed by atoms with Crippen LogP contribution in [0.25, 0.3) is 11.1 Å². The van der Waals surface area contributed by atoms with E-state index < -0.39 is 22.2 Å². The van der Waals surface area contributed by atoms with Crippen LogP contribution in [0.5, 0.6) is 5.75 Å². The van der Waals surface area contributed by atoms with Gasteiger partial charge in [-0.1, -0.05) is 61.5 Å². The van der Waals surface area contributed by atoms with Gasteiger partial charge in [-0.05, 0) is 41.8 Å². The van der Waals surface area contributed by atoms with Gasteiger partial charge in [-0.15, -0.1) is 0 Å². The van der Waals surface area contributed by atoms with Crippen molar-refractivity contribution in [3.8, 4) is 16.9 Å². The third-order valence-corrected chi connectivity index (χ3v) is 9.15. The van der Waals surface area contributed by atoms with Crippen molar-refractivity contribution in [3.05, 3.63) is 83.9 Å². The molecule has 0 bridgehead atoms. The van der Waals surface area contributed by atoms with Gasteiger partial charge in [0.1, 0.15) is 10.6 Å². The number of hydrogen-bond donors (Lipinski definition) is 1. The Labute approximate surface area is 230 Å². The average molecular weight is 553 g/mol. The lowest BCUT2D eigenvalue weighted by molar-refractivity contribution is -0.0146. The average Bonchev–Trinajstić information content (AvgIpc) is 2.98. The molecule has 0 spiro atoms. The van der Waals surface area contributed by atoms with Crippen LogP contribution in [-0.2, 0) is 21.4 Å². The second-order valence-corrected chi connectivity index (χ2v) is 12.0. The molecule has 3 aromatic rings. The molecule has 9 heteroatoms. The van der Waals surface area contributed by atoms with Crippen molar-refractivity contribution in [2.24, 2.45) is 5.92 Å². The zero-order chi connectivity index (χ0) is 28.2. The number of aliphatic hydroxyl groups excluding tert-OH is 1. The zero-order valence-electron chi connectivity index (χ0n) is 22.8. The third kappa shape index (κ3) is 6.01. The van der Waals surface area contributed by atoms with E-state index in [9.17, 15) is 18.3 Å². The standard InChI is InChI=1S/C30H36N2O6S/c1-21-17-32(22(2)19-33)30(34)26-14-8-7-13-25(26)24-12-6-5-11-23(24)20-38-28(21)18-31(3)39(35,36)29-16-10-9-15-27(29)37-4/h5-16,21-22,28,33H,17-20H2,1-4H3/t21-,22+,28+/m0/s1. The van der Waals surface area contributed by atoms with Gasteiger partial charge in [-0.25, -0.2) is 8.42 Å². The van der Waals surface area contributed by atoms with Crippen molar-refractivity contribution >= 4 is 15.9 Å². The topological polar surface area (TPSA) is 96.4 Å². The van der Waals surface area contributed by atoms with Crippen LogP contribution in [0.4, 0.5) is 0 Å². The number of sulfonamides is 1. The van der Waals surface area contributed by atoms with Crippen molar-refractivity contribution in [2.45, 2.75) is 37.5 Å². The second kappa shape index (κ2) is 12.3. The van der Waals surface area contributed by atoms with Crippen LogP contribution in [0.15, 0.2) is 77.7 Å². The Morgan fingerprint density at radius 1 is 1.03 bits per heavy atom. The Morgan fingerprint density at radius 3 is 2.33 bits per heavy atom. The molecule has 4 rings (SSSR count). The molecule has 0 saturated carbocycles. The SMILES string of the molecule is COc1ccccc1S(=O)(=O)N(C)C[C@H]1OCc2ccccc2-c2ccccc2C(=O)N([C@H](C)CO)C[C@@H]1C. The fourth-order valence-electron chi connectivity index (χ4n) is 4.90. The Bertz CT molecular complexity index is 1410. The summed E-state index contributed by atoms with van der Waals surface area (Å²) >= 11 is 0. The number of benzene rings is 3. The molecule has 0 fully saturated rings. The fourth-order valence-corrected chi connectivity index (χ4v) is 6.24. The number of fused-ring (bicyclic) bond motifs is 3. The molecular formula is C30H36N2O6S. The molecule has 3 atom stereocenters. The molecule has 0 unspecified atom stereocenters. The largest absolute Gasteiger partial charge is 0.495 e. The van der Waals surface area contributed by atoms with E-state index in [1.165, 1.54) is 24.5 Å². The molecule has 1 aliphatic heterocycles. The molecular weight excluding hydrogens is 516 g/mol. The summed E-state index contributed by atoms with van der Waals surface area (Å²) in [5.41, 5.74) is 3.11. The Kier molecular flexibility index (Phi) is 9.07. The number of ether oxygens (including phenoxy) is 2. The highest BCUT2D eigenvalue weighted by molar-refractivity contribution is 7.89. The van der Waals surface area contributed by atoms with Gasteiger partial charge in [-0.3, -0.25) is 4.79 Å². The molecule has 3 aromatic carbocycles. The quantitative estimate of drug-likeness (QED) is 0.475. The van der Waals surface area contributed by atoms with E-state index in [2.05, 4.69) is 0 Å². The Balaban J connectivity index is 1.74. The molecule has 0 aliphatic carbocycles. The molecule has 1 amide bonds. The van der Waals surface area contributed by atoms with E-state index in [1.54, 1.807) is 36.1 Å². The van der Waals surface area contributed by atoms with Crippen molar-refractivity contribution in [2.75, 3.05) is 33.9 Å². The predicted molar refractivity (Wildman–Crippen MR) is 150 cm³/mol. The monoisotopic (exact) mass is 552 g/mol. The molecule has 0 aromatic heterocycles. The second-order valence-electron chi connectivity index (χ2n) is 9.95. The maximum Gasteiger partial charge on any atom is 0.254 e. The van der Waals surface area contributed by atoms with Crippen molar-refractivity contribution in [1.82, 2.24) is 9.21 Å². The normalized spacial score (nSPS) is 19.1. The lowest BCUT2D eigenvalue weighted by atomic mass is 9.94. The fraction of sp³-hybridized carbons (Fsp3) is 0.367. The number of amides is 1. The highest BCUT2D eigenvalue weighted by Crippen LogP contribution is 2.32. The summed E-state index contributed by atoms with van der Waals surface area (Å²) < 4.78 is 40.1. The first-order chi connectivity index (χ1) is 18.7. The van der Waals surface area contributed by atoms with Crippen molar-refractivity contribution in [3.63, 3.8) is 0 Å². The van der Waals surface area contributed by atoms with E-state index in [1.807, 2.05) is 49.4 Å². The van der Waals surface area contributed by atoms with Gasteiger partial charge in [-0.2, -0.15) is 4.31 Å². The summed E-state index contributed by atoms with van der Waals surface area (Å²) in [5, 5.41) is 10.0. The summed E-state index contributed by atoms with van der Waals surface area (Å²) in [6.07, 6.45) is -0.546. The molecule has 208 valence electrons.